The number of oxazole rings is 1. The normalized spacial score (nSPS) is 11.8. The molecule has 26 heavy (non-hydrogen) atoms. The minimum absolute atomic E-state index is 0.0426. The van der Waals surface area contributed by atoms with Crippen LogP contribution in [-0.2, 0) is 21.3 Å². The van der Waals surface area contributed by atoms with Gasteiger partial charge in [0.05, 0.1) is 23.6 Å². The lowest BCUT2D eigenvalue weighted by Gasteiger charge is -2.09. The van der Waals surface area contributed by atoms with Crippen LogP contribution in [0.15, 0.2) is 50.5 Å². The molecule has 0 bridgehead atoms. The van der Waals surface area contributed by atoms with Crippen LogP contribution in [0.1, 0.15) is 5.56 Å². The molecule has 0 aliphatic heterocycles. The lowest BCUT2D eigenvalue weighted by molar-refractivity contribution is 0.186. The molecule has 0 saturated carbocycles. The molecule has 0 spiro atoms. The van der Waals surface area contributed by atoms with E-state index in [2.05, 4.69) is 4.72 Å². The van der Waals surface area contributed by atoms with Gasteiger partial charge in [-0.25, -0.2) is 17.6 Å². The smallest absolute Gasteiger partial charge is 0.408 e. The Morgan fingerprint density at radius 3 is 2.69 bits per heavy atom. The number of sulfonamides is 1. The number of anilines is 1. The van der Waals surface area contributed by atoms with E-state index in [0.29, 0.717) is 11.1 Å². The summed E-state index contributed by atoms with van der Waals surface area (Å²) in [6.07, 6.45) is 0. The maximum Gasteiger partial charge on any atom is 0.420 e. The van der Waals surface area contributed by atoms with E-state index in [1.165, 1.54) is 48.1 Å². The van der Waals surface area contributed by atoms with Gasteiger partial charge in [-0.3, -0.25) is 9.29 Å². The molecule has 9 heteroatoms. The van der Waals surface area contributed by atoms with Gasteiger partial charge < -0.3 is 9.15 Å². The zero-order chi connectivity index (χ0) is 18.9. The summed E-state index contributed by atoms with van der Waals surface area (Å²) in [6, 6.07) is 8.04. The van der Waals surface area contributed by atoms with E-state index in [-0.39, 0.29) is 29.3 Å². The highest BCUT2D eigenvalue weighted by Gasteiger charge is 2.18. The summed E-state index contributed by atoms with van der Waals surface area (Å²) in [7, 11) is -2.43. The van der Waals surface area contributed by atoms with Crippen molar-refractivity contribution in [1.29, 1.82) is 0 Å². The quantitative estimate of drug-likeness (QED) is 0.710. The van der Waals surface area contributed by atoms with E-state index >= 15 is 0 Å². The fourth-order valence-electron chi connectivity index (χ4n) is 2.53. The largest absolute Gasteiger partial charge is 0.420 e. The van der Waals surface area contributed by atoms with E-state index in [1.54, 1.807) is 6.92 Å². The molecule has 138 valence electrons. The Kier molecular flexibility index (Phi) is 4.84. The van der Waals surface area contributed by atoms with Crippen molar-refractivity contribution in [3.8, 4) is 0 Å². The first kappa shape index (κ1) is 18.2. The third kappa shape index (κ3) is 3.49. The summed E-state index contributed by atoms with van der Waals surface area (Å²) >= 11 is 0. The van der Waals surface area contributed by atoms with Crippen molar-refractivity contribution in [2.75, 3.05) is 18.4 Å². The predicted octanol–water partition coefficient (Wildman–Crippen LogP) is 2.49. The molecule has 1 N–H and O–H groups in total. The van der Waals surface area contributed by atoms with Gasteiger partial charge in [-0.2, -0.15) is 0 Å². The Hall–Kier alpha value is -2.65. The second-order valence-electron chi connectivity index (χ2n) is 5.71. The van der Waals surface area contributed by atoms with Crippen LogP contribution in [-0.4, -0.2) is 26.7 Å². The Morgan fingerprint density at radius 2 is 2.00 bits per heavy atom. The summed E-state index contributed by atoms with van der Waals surface area (Å²) in [4.78, 5) is 11.9. The highest BCUT2D eigenvalue weighted by atomic mass is 32.2. The molecule has 0 unspecified atom stereocenters. The van der Waals surface area contributed by atoms with Crippen LogP contribution in [0.5, 0.6) is 0 Å². The molecule has 1 aromatic heterocycles. The zero-order valence-corrected chi connectivity index (χ0v) is 15.0. The number of hydrogen-bond donors (Lipinski definition) is 1. The van der Waals surface area contributed by atoms with E-state index in [9.17, 15) is 17.6 Å². The molecule has 3 rings (SSSR count). The first-order valence-electron chi connectivity index (χ1n) is 7.73. The van der Waals surface area contributed by atoms with Crippen molar-refractivity contribution in [2.24, 2.45) is 0 Å². The third-order valence-corrected chi connectivity index (χ3v) is 5.26. The highest BCUT2D eigenvalue weighted by molar-refractivity contribution is 7.92. The topological polar surface area (TPSA) is 90.5 Å². The van der Waals surface area contributed by atoms with Crippen LogP contribution in [0.2, 0.25) is 0 Å². The number of fused-ring (bicyclic) bond motifs is 1. The van der Waals surface area contributed by atoms with Gasteiger partial charge in [0.1, 0.15) is 5.82 Å². The van der Waals surface area contributed by atoms with Gasteiger partial charge in [-0.05, 0) is 48.9 Å². The molecule has 0 aliphatic carbocycles. The molecule has 1 heterocycles. The van der Waals surface area contributed by atoms with Gasteiger partial charge >= 0.3 is 5.76 Å². The third-order valence-electron chi connectivity index (χ3n) is 3.88. The molecule has 2 aromatic carbocycles. The van der Waals surface area contributed by atoms with Crippen LogP contribution < -0.4 is 10.5 Å². The Bertz CT molecular complexity index is 1120. The first-order chi connectivity index (χ1) is 12.3. The average Bonchev–Trinajstić information content (AvgIpc) is 2.90. The van der Waals surface area contributed by atoms with Crippen LogP contribution >= 0.6 is 0 Å². The molecule has 0 aliphatic rings. The Balaban J connectivity index is 2.00. The van der Waals surface area contributed by atoms with Crippen molar-refractivity contribution >= 4 is 26.8 Å². The number of aromatic nitrogens is 1. The Labute approximate surface area is 149 Å². The highest BCUT2D eigenvalue weighted by Crippen LogP contribution is 2.22. The molecule has 0 saturated heterocycles. The maximum atomic E-state index is 13.3. The zero-order valence-electron chi connectivity index (χ0n) is 14.2. The fraction of sp³-hybridized carbons (Fsp3) is 0.235. The number of nitrogens with zero attached hydrogens (tertiary/aromatic N) is 1. The van der Waals surface area contributed by atoms with Crippen molar-refractivity contribution < 1.29 is 22.0 Å². The molecular weight excluding hydrogens is 363 g/mol. The molecule has 7 nitrogen and oxygen atoms in total. The number of rotatable bonds is 6. The number of benzene rings is 2. The summed E-state index contributed by atoms with van der Waals surface area (Å²) in [6.45, 7) is 2.05. The van der Waals surface area contributed by atoms with Gasteiger partial charge in [-0.1, -0.05) is 0 Å². The predicted molar refractivity (Wildman–Crippen MR) is 94.3 cm³/mol. The summed E-state index contributed by atoms with van der Waals surface area (Å²) in [5, 5.41) is 0. The SMILES string of the molecule is COCCn1c(=O)oc2ccc(S(=O)(=O)Nc3ccc(F)c(C)c3)cc21. The van der Waals surface area contributed by atoms with Crippen LogP contribution in [0.4, 0.5) is 10.1 Å². The Morgan fingerprint density at radius 1 is 1.23 bits per heavy atom. The number of ether oxygens (including phenoxy) is 1. The lowest BCUT2D eigenvalue weighted by atomic mass is 10.2. The second-order valence-corrected chi connectivity index (χ2v) is 7.39. The van der Waals surface area contributed by atoms with Gasteiger partial charge in [0, 0.05) is 12.8 Å². The van der Waals surface area contributed by atoms with Crippen molar-refractivity contribution in [3.63, 3.8) is 0 Å². The maximum absolute atomic E-state index is 13.3. The number of aryl methyl sites for hydroxylation is 1. The van der Waals surface area contributed by atoms with Crippen LogP contribution in [0.25, 0.3) is 11.1 Å². The monoisotopic (exact) mass is 380 g/mol. The second kappa shape index (κ2) is 6.93. The fourth-order valence-corrected chi connectivity index (χ4v) is 3.59. The van der Waals surface area contributed by atoms with Crippen molar-refractivity contribution in [1.82, 2.24) is 4.57 Å². The molecular formula is C17H17FN2O5S. The number of halogens is 1. The number of methoxy groups -OCH3 is 1. The van der Waals surface area contributed by atoms with E-state index in [0.717, 1.165) is 0 Å². The summed E-state index contributed by atoms with van der Waals surface area (Å²) in [5.41, 5.74) is 1.20. The lowest BCUT2D eigenvalue weighted by Crippen LogP contribution is -2.17. The van der Waals surface area contributed by atoms with Gasteiger partial charge in [-0.15, -0.1) is 0 Å². The first-order valence-corrected chi connectivity index (χ1v) is 9.21. The minimum atomic E-state index is -3.92. The summed E-state index contributed by atoms with van der Waals surface area (Å²) in [5.74, 6) is -1.01. The summed E-state index contributed by atoms with van der Waals surface area (Å²) < 4.78 is 52.4. The number of nitrogens with one attached hydrogen (secondary N) is 1. The molecule has 3 aromatic rings. The van der Waals surface area contributed by atoms with Gasteiger partial charge in [0.25, 0.3) is 10.0 Å². The minimum Gasteiger partial charge on any atom is -0.408 e. The van der Waals surface area contributed by atoms with Crippen LogP contribution in [0, 0.1) is 12.7 Å². The number of hydrogen-bond acceptors (Lipinski definition) is 5. The van der Waals surface area contributed by atoms with Crippen molar-refractivity contribution in [3.05, 3.63) is 58.3 Å². The van der Waals surface area contributed by atoms with E-state index < -0.39 is 21.6 Å². The standard InChI is InChI=1S/C17H17FN2O5S/c1-11-9-12(3-5-14(11)18)19-26(22,23)13-4-6-16-15(10-13)20(7-8-24-2)17(21)25-16/h3-6,9-10,19H,7-8H2,1-2H3. The van der Waals surface area contributed by atoms with Gasteiger partial charge in [0.2, 0.25) is 0 Å². The van der Waals surface area contributed by atoms with Crippen LogP contribution in [0.3, 0.4) is 0 Å². The molecule has 0 radical (unpaired) electrons. The van der Waals surface area contributed by atoms with Gasteiger partial charge in [0.15, 0.2) is 5.58 Å². The van der Waals surface area contributed by atoms with E-state index in [1.807, 2.05) is 0 Å². The van der Waals surface area contributed by atoms with Crippen molar-refractivity contribution in [2.45, 2.75) is 18.4 Å². The molecule has 0 amide bonds. The molecule has 0 fully saturated rings. The molecule has 0 atom stereocenters. The van der Waals surface area contributed by atoms with E-state index in [4.69, 9.17) is 9.15 Å². The average molecular weight is 380 g/mol.